The fourth-order valence-corrected chi connectivity index (χ4v) is 2.44. The fraction of sp³-hybridized carbons (Fsp3) is 0.188. The molecule has 0 aliphatic carbocycles. The summed E-state index contributed by atoms with van der Waals surface area (Å²) in [5.74, 6) is 0.118. The maximum Gasteiger partial charge on any atom is 0.255 e. The highest BCUT2D eigenvalue weighted by molar-refractivity contribution is 6.31. The first-order valence-corrected chi connectivity index (χ1v) is 6.90. The van der Waals surface area contributed by atoms with Crippen LogP contribution in [0.5, 0.6) is 5.75 Å². The van der Waals surface area contributed by atoms with Crippen LogP contribution in [0.2, 0.25) is 5.02 Å². The molecule has 0 aliphatic rings. The van der Waals surface area contributed by atoms with E-state index in [-0.39, 0.29) is 11.9 Å². The minimum Gasteiger partial charge on any atom is -0.494 e. The summed E-state index contributed by atoms with van der Waals surface area (Å²) in [5, 5.41) is 3.51. The number of carbonyl (C=O) groups excluding carboxylic acids is 1. The van der Waals surface area contributed by atoms with Gasteiger partial charge in [0, 0.05) is 5.02 Å². The van der Waals surface area contributed by atoms with E-state index >= 15 is 0 Å². The summed E-state index contributed by atoms with van der Waals surface area (Å²) in [6, 6.07) is 12.2. The third kappa shape index (κ3) is 3.28. The molecule has 0 saturated carbocycles. The Hall–Kier alpha value is -2.20. The Bertz CT molecular complexity index is 658. The van der Waals surface area contributed by atoms with Crippen LogP contribution in [0.15, 0.2) is 42.5 Å². The molecule has 0 aromatic heterocycles. The lowest BCUT2D eigenvalue weighted by atomic mass is 10.1. The second-order valence-corrected chi connectivity index (χ2v) is 5.05. The van der Waals surface area contributed by atoms with Gasteiger partial charge in [0.15, 0.2) is 5.75 Å². The Kier molecular flexibility index (Phi) is 4.70. The zero-order chi connectivity index (χ0) is 15.4. The number of methoxy groups -OCH3 is 1. The van der Waals surface area contributed by atoms with E-state index in [0.29, 0.717) is 22.0 Å². The number of carbonyl (C=O) groups is 1. The summed E-state index contributed by atoms with van der Waals surface area (Å²) >= 11 is 6.14. The van der Waals surface area contributed by atoms with Gasteiger partial charge in [-0.3, -0.25) is 4.79 Å². The number of anilines is 1. The summed E-state index contributed by atoms with van der Waals surface area (Å²) < 4.78 is 5.20. The van der Waals surface area contributed by atoms with Crippen molar-refractivity contribution in [3.8, 4) is 5.75 Å². The van der Waals surface area contributed by atoms with Crippen molar-refractivity contribution in [2.24, 2.45) is 0 Å². The van der Waals surface area contributed by atoms with Crippen molar-refractivity contribution in [3.05, 3.63) is 58.6 Å². The Morgan fingerprint density at radius 3 is 2.62 bits per heavy atom. The number of amides is 1. The fourth-order valence-electron chi connectivity index (χ4n) is 2.14. The van der Waals surface area contributed by atoms with Crippen LogP contribution in [0.3, 0.4) is 0 Å². The van der Waals surface area contributed by atoms with E-state index in [0.717, 1.165) is 5.56 Å². The molecule has 2 rings (SSSR count). The SMILES string of the molecule is COc1c(N)cccc1C(=O)NC(C)c1ccccc1Cl. The first-order valence-electron chi connectivity index (χ1n) is 6.52. The second kappa shape index (κ2) is 6.50. The molecule has 4 nitrogen and oxygen atoms in total. The number of nitrogen functional groups attached to an aromatic ring is 1. The van der Waals surface area contributed by atoms with Gasteiger partial charge in [-0.1, -0.05) is 35.9 Å². The predicted molar refractivity (Wildman–Crippen MR) is 84.7 cm³/mol. The maximum atomic E-state index is 12.4. The van der Waals surface area contributed by atoms with Crippen LogP contribution in [0.1, 0.15) is 28.9 Å². The molecule has 0 aliphatic heterocycles. The number of rotatable bonds is 4. The van der Waals surface area contributed by atoms with Crippen molar-refractivity contribution < 1.29 is 9.53 Å². The monoisotopic (exact) mass is 304 g/mol. The lowest BCUT2D eigenvalue weighted by Crippen LogP contribution is -2.27. The zero-order valence-electron chi connectivity index (χ0n) is 11.9. The highest BCUT2D eigenvalue weighted by Gasteiger charge is 2.18. The Balaban J connectivity index is 2.23. The third-order valence-electron chi connectivity index (χ3n) is 3.21. The highest BCUT2D eigenvalue weighted by atomic mass is 35.5. The molecule has 0 heterocycles. The van der Waals surface area contributed by atoms with Gasteiger partial charge in [-0.15, -0.1) is 0 Å². The second-order valence-electron chi connectivity index (χ2n) is 4.64. The van der Waals surface area contributed by atoms with Crippen LogP contribution in [0.4, 0.5) is 5.69 Å². The number of ether oxygens (including phenoxy) is 1. The average Bonchev–Trinajstić information content (AvgIpc) is 2.47. The largest absolute Gasteiger partial charge is 0.494 e. The van der Waals surface area contributed by atoms with Crippen LogP contribution in [0.25, 0.3) is 0 Å². The van der Waals surface area contributed by atoms with E-state index in [9.17, 15) is 4.79 Å². The van der Waals surface area contributed by atoms with Crippen molar-refractivity contribution in [3.63, 3.8) is 0 Å². The van der Waals surface area contributed by atoms with Crippen LogP contribution in [0, 0.1) is 0 Å². The molecule has 0 bridgehead atoms. The molecule has 0 fully saturated rings. The average molecular weight is 305 g/mol. The molecule has 2 aromatic rings. The number of para-hydroxylation sites is 1. The van der Waals surface area contributed by atoms with Crippen molar-refractivity contribution >= 4 is 23.2 Å². The van der Waals surface area contributed by atoms with Crippen LogP contribution < -0.4 is 15.8 Å². The van der Waals surface area contributed by atoms with Crippen molar-refractivity contribution in [1.29, 1.82) is 0 Å². The van der Waals surface area contributed by atoms with Gasteiger partial charge in [-0.2, -0.15) is 0 Å². The molecule has 1 amide bonds. The molecule has 2 aromatic carbocycles. The molecule has 1 unspecified atom stereocenters. The topological polar surface area (TPSA) is 64.3 Å². The van der Waals surface area contributed by atoms with E-state index in [1.54, 1.807) is 24.3 Å². The van der Waals surface area contributed by atoms with Crippen LogP contribution >= 0.6 is 11.6 Å². The van der Waals surface area contributed by atoms with Crippen molar-refractivity contribution in [1.82, 2.24) is 5.32 Å². The highest BCUT2D eigenvalue weighted by Crippen LogP contribution is 2.27. The van der Waals surface area contributed by atoms with Gasteiger partial charge in [0.1, 0.15) is 0 Å². The summed E-state index contributed by atoms with van der Waals surface area (Å²) in [6.07, 6.45) is 0. The van der Waals surface area contributed by atoms with Gasteiger partial charge >= 0.3 is 0 Å². The third-order valence-corrected chi connectivity index (χ3v) is 3.56. The molecule has 110 valence electrons. The van der Waals surface area contributed by atoms with E-state index in [1.807, 2.05) is 25.1 Å². The molecule has 0 radical (unpaired) electrons. The number of nitrogens with one attached hydrogen (secondary N) is 1. The Labute approximate surface area is 128 Å². The van der Waals surface area contributed by atoms with E-state index in [4.69, 9.17) is 22.1 Å². The number of benzene rings is 2. The van der Waals surface area contributed by atoms with Crippen molar-refractivity contribution in [2.45, 2.75) is 13.0 Å². The van der Waals surface area contributed by atoms with Crippen molar-refractivity contribution in [2.75, 3.05) is 12.8 Å². The zero-order valence-corrected chi connectivity index (χ0v) is 12.6. The van der Waals surface area contributed by atoms with Gasteiger partial charge in [0.2, 0.25) is 0 Å². The molecule has 1 atom stereocenters. The number of halogens is 1. The molecule has 0 spiro atoms. The normalized spacial score (nSPS) is 11.8. The number of hydrogen-bond donors (Lipinski definition) is 2. The molecule has 21 heavy (non-hydrogen) atoms. The first kappa shape index (κ1) is 15.2. The number of hydrogen-bond acceptors (Lipinski definition) is 3. The lowest BCUT2D eigenvalue weighted by Gasteiger charge is -2.17. The van der Waals surface area contributed by atoms with Gasteiger partial charge in [0.25, 0.3) is 5.91 Å². The quantitative estimate of drug-likeness (QED) is 0.851. The lowest BCUT2D eigenvalue weighted by molar-refractivity contribution is 0.0937. The first-order chi connectivity index (χ1) is 10.0. The smallest absolute Gasteiger partial charge is 0.255 e. The van der Waals surface area contributed by atoms with Gasteiger partial charge < -0.3 is 15.8 Å². The summed E-state index contributed by atoms with van der Waals surface area (Å²) in [4.78, 5) is 12.4. The predicted octanol–water partition coefficient (Wildman–Crippen LogP) is 3.42. The standard InChI is InChI=1S/C16H17ClN2O2/c1-10(11-6-3-4-8-13(11)17)19-16(20)12-7-5-9-14(18)15(12)21-2/h3-10H,18H2,1-2H3,(H,19,20). The number of nitrogens with two attached hydrogens (primary N) is 1. The van der Waals surface area contributed by atoms with Crippen LogP contribution in [-0.4, -0.2) is 13.0 Å². The molecule has 5 heteroatoms. The van der Waals surface area contributed by atoms with E-state index in [1.165, 1.54) is 7.11 Å². The molecular weight excluding hydrogens is 288 g/mol. The molecular formula is C16H17ClN2O2. The maximum absolute atomic E-state index is 12.4. The van der Waals surface area contributed by atoms with Crippen LogP contribution in [-0.2, 0) is 0 Å². The van der Waals surface area contributed by atoms with E-state index < -0.39 is 0 Å². The minimum atomic E-state index is -0.258. The Morgan fingerprint density at radius 2 is 1.95 bits per heavy atom. The van der Waals surface area contributed by atoms with Gasteiger partial charge in [-0.25, -0.2) is 0 Å². The van der Waals surface area contributed by atoms with Gasteiger partial charge in [0.05, 0.1) is 24.4 Å². The minimum absolute atomic E-state index is 0.225. The van der Waals surface area contributed by atoms with Gasteiger partial charge in [-0.05, 0) is 30.7 Å². The molecule has 3 N–H and O–H groups in total. The summed E-state index contributed by atoms with van der Waals surface area (Å²) in [6.45, 7) is 1.87. The Morgan fingerprint density at radius 1 is 1.24 bits per heavy atom. The summed E-state index contributed by atoms with van der Waals surface area (Å²) in [7, 11) is 1.49. The summed E-state index contributed by atoms with van der Waals surface area (Å²) in [5.41, 5.74) is 7.49. The van der Waals surface area contributed by atoms with E-state index in [2.05, 4.69) is 5.32 Å². The molecule has 0 saturated heterocycles.